The van der Waals surface area contributed by atoms with Crippen LogP contribution < -0.4 is 5.01 Å². The Balaban J connectivity index is 2.06. The van der Waals surface area contributed by atoms with Crippen LogP contribution in [-0.4, -0.2) is 57.8 Å². The summed E-state index contributed by atoms with van der Waals surface area (Å²) in [6, 6.07) is 1.91. The molecule has 0 aromatic carbocycles. The number of carbonyl (C=O) groups is 1. The highest BCUT2D eigenvalue weighted by Crippen LogP contribution is 2.25. The number of hydrogen-bond acceptors (Lipinski definition) is 6. The fourth-order valence-electron chi connectivity index (χ4n) is 2.29. The number of ether oxygens (including phenoxy) is 1. The highest BCUT2D eigenvalue weighted by atomic mass is 32.2. The zero-order valence-corrected chi connectivity index (χ0v) is 12.5. The van der Waals surface area contributed by atoms with Gasteiger partial charge in [-0.05, 0) is 18.6 Å². The maximum atomic E-state index is 10.8. The Labute approximate surface area is 125 Å². The normalized spacial score (nSPS) is 15.6. The fraction of sp³-hybridized carbons (Fsp3) is 0.462. The second-order valence-corrected chi connectivity index (χ2v) is 5.70. The molecule has 2 aromatic rings. The van der Waals surface area contributed by atoms with Crippen LogP contribution in [0.4, 0.5) is 0 Å². The van der Waals surface area contributed by atoms with Crippen LogP contribution in [0.3, 0.4) is 0 Å². The van der Waals surface area contributed by atoms with E-state index in [4.69, 9.17) is 9.84 Å². The summed E-state index contributed by atoms with van der Waals surface area (Å²) < 4.78 is 7.30. The highest BCUT2D eigenvalue weighted by molar-refractivity contribution is 7.99. The van der Waals surface area contributed by atoms with Gasteiger partial charge in [0.25, 0.3) is 0 Å². The van der Waals surface area contributed by atoms with Gasteiger partial charge in [-0.25, -0.2) is 14.6 Å². The van der Waals surface area contributed by atoms with Crippen molar-refractivity contribution in [2.45, 2.75) is 12.1 Å². The Morgan fingerprint density at radius 3 is 2.95 bits per heavy atom. The molecule has 0 amide bonds. The number of morpholine rings is 1. The van der Waals surface area contributed by atoms with Gasteiger partial charge in [0.15, 0.2) is 10.8 Å². The molecule has 112 valence electrons. The molecule has 1 aliphatic heterocycles. The van der Waals surface area contributed by atoms with Gasteiger partial charge < -0.3 is 14.9 Å². The average molecular weight is 308 g/mol. The molecule has 8 heteroatoms. The standard InChI is InChI=1S/C13H16N4O3S/c1-9-2-3-14-12-11(9)15-13(21-8-10(18)19)17(12)16-4-6-20-7-5-16/h2-3H,4-8H2,1H3,(H,18,19). The molecule has 7 nitrogen and oxygen atoms in total. The van der Waals surface area contributed by atoms with Crippen molar-refractivity contribution in [2.24, 2.45) is 0 Å². The number of aliphatic carboxylic acids is 1. The zero-order chi connectivity index (χ0) is 14.8. The fourth-order valence-corrected chi connectivity index (χ4v) is 3.02. The number of rotatable bonds is 4. The van der Waals surface area contributed by atoms with Crippen LogP contribution in [0.15, 0.2) is 17.4 Å². The molecule has 1 fully saturated rings. The largest absolute Gasteiger partial charge is 0.481 e. The summed E-state index contributed by atoms with van der Waals surface area (Å²) in [6.07, 6.45) is 1.75. The first kappa shape index (κ1) is 14.2. The minimum atomic E-state index is -0.856. The van der Waals surface area contributed by atoms with E-state index in [0.29, 0.717) is 18.4 Å². The average Bonchev–Trinajstić information content (AvgIpc) is 2.86. The smallest absolute Gasteiger partial charge is 0.313 e. The first-order valence-electron chi connectivity index (χ1n) is 6.68. The lowest BCUT2D eigenvalue weighted by molar-refractivity contribution is -0.133. The Morgan fingerprint density at radius 1 is 1.48 bits per heavy atom. The SMILES string of the molecule is Cc1ccnc2c1nc(SCC(=O)O)n2N1CCOCC1. The maximum absolute atomic E-state index is 10.8. The third-order valence-electron chi connectivity index (χ3n) is 3.29. The number of imidazole rings is 1. The quantitative estimate of drug-likeness (QED) is 0.840. The van der Waals surface area contributed by atoms with E-state index in [1.165, 1.54) is 11.8 Å². The van der Waals surface area contributed by atoms with Crippen LogP contribution in [-0.2, 0) is 9.53 Å². The number of hydrogen-bond donors (Lipinski definition) is 1. The lowest BCUT2D eigenvalue weighted by atomic mass is 10.3. The molecule has 0 spiro atoms. The van der Waals surface area contributed by atoms with Crippen LogP contribution in [0, 0.1) is 6.92 Å². The van der Waals surface area contributed by atoms with E-state index in [0.717, 1.165) is 29.8 Å². The third kappa shape index (κ3) is 2.81. The van der Waals surface area contributed by atoms with Crippen molar-refractivity contribution in [3.63, 3.8) is 0 Å². The van der Waals surface area contributed by atoms with Gasteiger partial charge in [-0.2, -0.15) is 0 Å². The Hall–Kier alpha value is -1.80. The Kier molecular flexibility index (Phi) is 3.98. The number of nitrogens with zero attached hydrogens (tertiary/aromatic N) is 4. The van der Waals surface area contributed by atoms with Gasteiger partial charge in [-0.15, -0.1) is 0 Å². The van der Waals surface area contributed by atoms with Crippen LogP contribution >= 0.6 is 11.8 Å². The third-order valence-corrected chi connectivity index (χ3v) is 4.20. The van der Waals surface area contributed by atoms with Gasteiger partial charge in [0.1, 0.15) is 5.52 Å². The van der Waals surface area contributed by atoms with E-state index in [1.807, 2.05) is 17.7 Å². The van der Waals surface area contributed by atoms with E-state index in [1.54, 1.807) is 6.20 Å². The van der Waals surface area contributed by atoms with Crippen molar-refractivity contribution in [1.29, 1.82) is 0 Å². The summed E-state index contributed by atoms with van der Waals surface area (Å²) in [6.45, 7) is 4.75. The maximum Gasteiger partial charge on any atom is 0.313 e. The molecule has 0 saturated carbocycles. The van der Waals surface area contributed by atoms with Crippen molar-refractivity contribution in [1.82, 2.24) is 14.6 Å². The van der Waals surface area contributed by atoms with Crippen molar-refractivity contribution in [3.05, 3.63) is 17.8 Å². The first-order valence-corrected chi connectivity index (χ1v) is 7.67. The van der Waals surface area contributed by atoms with Gasteiger partial charge >= 0.3 is 5.97 Å². The summed E-state index contributed by atoms with van der Waals surface area (Å²) in [4.78, 5) is 19.8. The molecule has 0 bridgehead atoms. The van der Waals surface area contributed by atoms with Gasteiger partial charge in [0.05, 0.1) is 32.1 Å². The molecule has 1 N–H and O–H groups in total. The molecular formula is C13H16N4O3S. The lowest BCUT2D eigenvalue weighted by Crippen LogP contribution is -2.44. The number of carboxylic acid groups (broad SMARTS) is 1. The van der Waals surface area contributed by atoms with E-state index in [-0.39, 0.29) is 5.75 Å². The molecule has 3 heterocycles. The topological polar surface area (TPSA) is 80.5 Å². The molecule has 21 heavy (non-hydrogen) atoms. The summed E-state index contributed by atoms with van der Waals surface area (Å²) in [5, 5.41) is 11.7. The van der Waals surface area contributed by atoms with Gasteiger partial charge in [-0.3, -0.25) is 4.79 Å². The second kappa shape index (κ2) is 5.90. The molecule has 3 rings (SSSR count). The number of aromatic nitrogens is 3. The number of carboxylic acids is 1. The van der Waals surface area contributed by atoms with Crippen LogP contribution in [0.5, 0.6) is 0 Å². The molecule has 1 saturated heterocycles. The van der Waals surface area contributed by atoms with Crippen LogP contribution in [0.25, 0.3) is 11.2 Å². The van der Waals surface area contributed by atoms with Crippen molar-refractivity contribution in [3.8, 4) is 0 Å². The predicted molar refractivity (Wildman–Crippen MR) is 79.4 cm³/mol. The zero-order valence-electron chi connectivity index (χ0n) is 11.7. The Bertz CT molecular complexity index is 667. The molecule has 0 aliphatic carbocycles. The number of thioether (sulfide) groups is 1. The summed E-state index contributed by atoms with van der Waals surface area (Å²) >= 11 is 1.21. The van der Waals surface area contributed by atoms with Gasteiger partial charge in [-0.1, -0.05) is 11.8 Å². The second-order valence-electron chi connectivity index (χ2n) is 4.75. The molecule has 0 unspecified atom stereocenters. The minimum Gasteiger partial charge on any atom is -0.481 e. The number of aryl methyl sites for hydroxylation is 1. The van der Waals surface area contributed by atoms with Crippen molar-refractivity contribution in [2.75, 3.05) is 37.1 Å². The number of pyridine rings is 1. The molecule has 2 aromatic heterocycles. The number of fused-ring (bicyclic) bond motifs is 1. The van der Waals surface area contributed by atoms with Crippen molar-refractivity contribution >= 4 is 28.9 Å². The predicted octanol–water partition coefficient (Wildman–Crippen LogP) is 0.885. The van der Waals surface area contributed by atoms with E-state index in [9.17, 15) is 4.79 Å². The minimum absolute atomic E-state index is 0.0211. The molecule has 0 radical (unpaired) electrons. The van der Waals surface area contributed by atoms with E-state index < -0.39 is 5.97 Å². The summed E-state index contributed by atoms with van der Waals surface area (Å²) in [5.41, 5.74) is 2.62. The molecule has 1 aliphatic rings. The van der Waals surface area contributed by atoms with Crippen molar-refractivity contribution < 1.29 is 14.6 Å². The molecule has 0 atom stereocenters. The van der Waals surface area contributed by atoms with E-state index in [2.05, 4.69) is 15.0 Å². The molecular weight excluding hydrogens is 292 g/mol. The first-order chi connectivity index (χ1) is 10.2. The van der Waals surface area contributed by atoms with Crippen LogP contribution in [0.1, 0.15) is 5.56 Å². The Morgan fingerprint density at radius 2 is 2.24 bits per heavy atom. The van der Waals surface area contributed by atoms with Crippen LogP contribution in [0.2, 0.25) is 0 Å². The summed E-state index contributed by atoms with van der Waals surface area (Å²) in [5.74, 6) is -0.877. The lowest BCUT2D eigenvalue weighted by Gasteiger charge is -2.30. The van der Waals surface area contributed by atoms with Gasteiger partial charge in [0, 0.05) is 6.20 Å². The van der Waals surface area contributed by atoms with E-state index >= 15 is 0 Å². The highest BCUT2D eigenvalue weighted by Gasteiger charge is 2.21. The summed E-state index contributed by atoms with van der Waals surface area (Å²) in [7, 11) is 0. The monoisotopic (exact) mass is 308 g/mol. The van der Waals surface area contributed by atoms with Gasteiger partial charge in [0.2, 0.25) is 0 Å².